The molecule has 1 heterocycles. The number of rotatable bonds is 3. The minimum Gasteiger partial charge on any atom is -0.367 e. The van der Waals surface area contributed by atoms with Crippen LogP contribution in [0.4, 0.5) is 10.1 Å². The van der Waals surface area contributed by atoms with Gasteiger partial charge < -0.3 is 9.80 Å². The second-order valence-electron chi connectivity index (χ2n) is 7.39. The average Bonchev–Trinajstić information content (AvgIpc) is 2.87. The minimum atomic E-state index is -3.42. The van der Waals surface area contributed by atoms with Crippen molar-refractivity contribution in [3.8, 4) is 0 Å². The van der Waals surface area contributed by atoms with E-state index in [9.17, 15) is 17.6 Å². The molecule has 1 aliphatic heterocycles. The number of halogens is 1. The molecule has 7 heteroatoms. The molecule has 0 spiro atoms. The summed E-state index contributed by atoms with van der Waals surface area (Å²) in [6.45, 7) is 2.51. The predicted octanol–water partition coefficient (Wildman–Crippen LogP) is 2.85. The van der Waals surface area contributed by atoms with Gasteiger partial charge in [0.05, 0.1) is 10.6 Å². The standard InChI is InChI=1S/C19H27FN2O3S/c1-26(24,25)16-8-9-18(17(20)14-16)21-10-5-11-22(13-12-21)19(23)15-6-3-2-4-7-15/h8-9,14-15H,2-7,10-13H2,1H3. The molecular weight excluding hydrogens is 355 g/mol. The highest BCUT2D eigenvalue weighted by Crippen LogP contribution is 2.27. The number of nitrogens with zero attached hydrogens (tertiary/aromatic N) is 2. The Balaban J connectivity index is 1.68. The zero-order chi connectivity index (χ0) is 18.7. The Labute approximate surface area is 155 Å². The van der Waals surface area contributed by atoms with Crippen LogP contribution in [0.5, 0.6) is 0 Å². The summed E-state index contributed by atoms with van der Waals surface area (Å²) in [6.07, 6.45) is 7.32. The van der Waals surface area contributed by atoms with Crippen LogP contribution in [0.2, 0.25) is 0 Å². The summed E-state index contributed by atoms with van der Waals surface area (Å²) in [6, 6.07) is 4.06. The number of carbonyl (C=O) groups excluding carboxylic acids is 1. The van der Waals surface area contributed by atoms with Crippen LogP contribution in [0, 0.1) is 11.7 Å². The first-order chi connectivity index (χ1) is 12.4. The number of hydrogen-bond acceptors (Lipinski definition) is 4. The molecule has 1 saturated heterocycles. The van der Waals surface area contributed by atoms with Crippen LogP contribution >= 0.6 is 0 Å². The molecule has 26 heavy (non-hydrogen) atoms. The number of hydrogen-bond donors (Lipinski definition) is 0. The lowest BCUT2D eigenvalue weighted by atomic mass is 9.88. The monoisotopic (exact) mass is 382 g/mol. The largest absolute Gasteiger partial charge is 0.367 e. The smallest absolute Gasteiger partial charge is 0.225 e. The summed E-state index contributed by atoms with van der Waals surface area (Å²) in [4.78, 5) is 16.6. The van der Waals surface area contributed by atoms with Crippen molar-refractivity contribution in [2.75, 3.05) is 37.3 Å². The number of carbonyl (C=O) groups is 1. The Bertz CT molecular complexity index is 760. The molecule has 1 amide bonds. The number of sulfone groups is 1. The summed E-state index contributed by atoms with van der Waals surface area (Å²) < 4.78 is 37.6. The van der Waals surface area contributed by atoms with Crippen molar-refractivity contribution in [1.29, 1.82) is 0 Å². The van der Waals surface area contributed by atoms with E-state index >= 15 is 0 Å². The third-order valence-electron chi connectivity index (χ3n) is 5.45. The van der Waals surface area contributed by atoms with E-state index in [4.69, 9.17) is 0 Å². The summed E-state index contributed by atoms with van der Waals surface area (Å²) in [5, 5.41) is 0. The Morgan fingerprint density at radius 2 is 1.77 bits per heavy atom. The topological polar surface area (TPSA) is 57.7 Å². The normalized spacial score (nSPS) is 20.1. The van der Waals surface area contributed by atoms with Crippen LogP contribution in [-0.4, -0.2) is 51.7 Å². The summed E-state index contributed by atoms with van der Waals surface area (Å²) in [5.41, 5.74) is 0.407. The van der Waals surface area contributed by atoms with E-state index in [0.717, 1.165) is 44.4 Å². The van der Waals surface area contributed by atoms with E-state index in [1.54, 1.807) is 0 Å². The van der Waals surface area contributed by atoms with Crippen molar-refractivity contribution in [2.45, 2.75) is 43.4 Å². The lowest BCUT2D eigenvalue weighted by Gasteiger charge is -2.28. The Morgan fingerprint density at radius 3 is 2.42 bits per heavy atom. The first-order valence-electron chi connectivity index (χ1n) is 9.39. The van der Waals surface area contributed by atoms with E-state index in [1.165, 1.54) is 18.6 Å². The Morgan fingerprint density at radius 1 is 1.04 bits per heavy atom. The number of amides is 1. The van der Waals surface area contributed by atoms with Gasteiger partial charge in [-0.05, 0) is 37.5 Å². The molecule has 0 atom stereocenters. The van der Waals surface area contributed by atoms with Crippen LogP contribution in [-0.2, 0) is 14.6 Å². The van der Waals surface area contributed by atoms with E-state index in [2.05, 4.69) is 0 Å². The van der Waals surface area contributed by atoms with Crippen LogP contribution in [0.1, 0.15) is 38.5 Å². The zero-order valence-corrected chi connectivity index (χ0v) is 16.1. The molecule has 2 aliphatic rings. The fraction of sp³-hybridized carbons (Fsp3) is 0.632. The first kappa shape index (κ1) is 19.1. The molecule has 3 rings (SSSR count). The SMILES string of the molecule is CS(=O)(=O)c1ccc(N2CCCN(C(=O)C3CCCCC3)CC2)c(F)c1. The molecule has 0 bridgehead atoms. The minimum absolute atomic E-state index is 0.0114. The molecule has 0 aromatic heterocycles. The van der Waals surface area contributed by atoms with Gasteiger partial charge in [0.15, 0.2) is 9.84 Å². The van der Waals surface area contributed by atoms with Gasteiger partial charge in [0, 0.05) is 38.4 Å². The van der Waals surface area contributed by atoms with Crippen molar-refractivity contribution in [1.82, 2.24) is 4.90 Å². The van der Waals surface area contributed by atoms with E-state index in [1.807, 2.05) is 9.80 Å². The quantitative estimate of drug-likeness (QED) is 0.807. The van der Waals surface area contributed by atoms with Gasteiger partial charge in [-0.25, -0.2) is 12.8 Å². The fourth-order valence-corrected chi connectivity index (χ4v) is 4.59. The van der Waals surface area contributed by atoms with Crippen molar-refractivity contribution in [3.63, 3.8) is 0 Å². The fourth-order valence-electron chi connectivity index (χ4n) is 3.96. The van der Waals surface area contributed by atoms with Gasteiger partial charge in [-0.2, -0.15) is 0 Å². The third-order valence-corrected chi connectivity index (χ3v) is 6.56. The van der Waals surface area contributed by atoms with Gasteiger partial charge in [0.2, 0.25) is 5.91 Å². The Kier molecular flexibility index (Phi) is 5.85. The highest BCUT2D eigenvalue weighted by molar-refractivity contribution is 7.90. The molecule has 1 saturated carbocycles. The van der Waals surface area contributed by atoms with Crippen molar-refractivity contribution < 1.29 is 17.6 Å². The molecule has 1 aliphatic carbocycles. The summed E-state index contributed by atoms with van der Waals surface area (Å²) in [7, 11) is -3.42. The molecule has 2 fully saturated rings. The second kappa shape index (κ2) is 7.94. The average molecular weight is 383 g/mol. The summed E-state index contributed by atoms with van der Waals surface area (Å²) >= 11 is 0. The van der Waals surface area contributed by atoms with Crippen LogP contribution in [0.15, 0.2) is 23.1 Å². The summed E-state index contributed by atoms with van der Waals surface area (Å²) in [5.74, 6) is -0.125. The second-order valence-corrected chi connectivity index (χ2v) is 9.40. The molecule has 0 unspecified atom stereocenters. The van der Waals surface area contributed by atoms with Gasteiger partial charge in [-0.3, -0.25) is 4.79 Å². The van der Waals surface area contributed by atoms with Gasteiger partial charge in [-0.15, -0.1) is 0 Å². The van der Waals surface area contributed by atoms with Crippen molar-refractivity contribution >= 4 is 21.4 Å². The van der Waals surface area contributed by atoms with E-state index in [0.29, 0.717) is 31.9 Å². The maximum absolute atomic E-state index is 14.5. The highest BCUT2D eigenvalue weighted by Gasteiger charge is 2.28. The molecular formula is C19H27FN2O3S. The third kappa shape index (κ3) is 4.37. The molecule has 144 valence electrons. The van der Waals surface area contributed by atoms with Crippen LogP contribution in [0.25, 0.3) is 0 Å². The van der Waals surface area contributed by atoms with E-state index < -0.39 is 15.7 Å². The van der Waals surface area contributed by atoms with Crippen molar-refractivity contribution in [2.24, 2.45) is 5.92 Å². The highest BCUT2D eigenvalue weighted by atomic mass is 32.2. The molecule has 0 radical (unpaired) electrons. The lowest BCUT2D eigenvalue weighted by molar-refractivity contribution is -0.136. The molecule has 1 aromatic carbocycles. The lowest BCUT2D eigenvalue weighted by Crippen LogP contribution is -2.39. The van der Waals surface area contributed by atoms with Crippen LogP contribution < -0.4 is 4.90 Å². The van der Waals surface area contributed by atoms with Gasteiger partial charge >= 0.3 is 0 Å². The maximum Gasteiger partial charge on any atom is 0.225 e. The number of anilines is 1. The van der Waals surface area contributed by atoms with Crippen LogP contribution in [0.3, 0.4) is 0 Å². The first-order valence-corrected chi connectivity index (χ1v) is 11.3. The number of benzene rings is 1. The van der Waals surface area contributed by atoms with Crippen molar-refractivity contribution in [3.05, 3.63) is 24.0 Å². The Hall–Kier alpha value is -1.63. The molecule has 5 nitrogen and oxygen atoms in total. The van der Waals surface area contributed by atoms with Gasteiger partial charge in [0.1, 0.15) is 5.82 Å². The molecule has 0 N–H and O–H groups in total. The molecule has 1 aromatic rings. The maximum atomic E-state index is 14.5. The predicted molar refractivity (Wildman–Crippen MR) is 99.5 cm³/mol. The van der Waals surface area contributed by atoms with E-state index in [-0.39, 0.29) is 16.7 Å². The zero-order valence-electron chi connectivity index (χ0n) is 15.3. The van der Waals surface area contributed by atoms with Gasteiger partial charge in [0.25, 0.3) is 0 Å². The van der Waals surface area contributed by atoms with Gasteiger partial charge in [-0.1, -0.05) is 19.3 Å².